The zero-order valence-corrected chi connectivity index (χ0v) is 10.7. The van der Waals surface area contributed by atoms with E-state index in [0.717, 1.165) is 23.4 Å². The Kier molecular flexibility index (Phi) is 3.54. The third kappa shape index (κ3) is 2.53. The molecule has 0 amide bonds. The molecule has 1 heterocycles. The van der Waals surface area contributed by atoms with Gasteiger partial charge in [0.2, 0.25) is 0 Å². The number of rotatable bonds is 3. The summed E-state index contributed by atoms with van der Waals surface area (Å²) >= 11 is 5.02. The van der Waals surface area contributed by atoms with Crippen molar-refractivity contribution in [3.8, 4) is 17.0 Å². The Morgan fingerprint density at radius 3 is 2.82 bits per heavy atom. The molecule has 2 rings (SSSR count). The van der Waals surface area contributed by atoms with Crippen LogP contribution < -0.4 is 4.74 Å². The zero-order valence-electron chi connectivity index (χ0n) is 9.86. The van der Waals surface area contributed by atoms with Crippen LogP contribution in [-0.4, -0.2) is 17.1 Å². The van der Waals surface area contributed by atoms with Gasteiger partial charge in [-0.15, -0.1) is 0 Å². The molecule has 0 aliphatic rings. The fourth-order valence-electron chi connectivity index (χ4n) is 1.76. The molecule has 0 radical (unpaired) electrons. The van der Waals surface area contributed by atoms with E-state index >= 15 is 0 Å². The number of H-pyrrole nitrogens is 1. The van der Waals surface area contributed by atoms with Crippen molar-refractivity contribution in [1.29, 1.82) is 0 Å². The number of methoxy groups -OCH3 is 1. The first-order valence-corrected chi connectivity index (χ1v) is 5.88. The second kappa shape index (κ2) is 5.10. The first-order chi connectivity index (χ1) is 8.24. The Hall–Kier alpha value is -1.68. The maximum absolute atomic E-state index is 5.31. The van der Waals surface area contributed by atoms with Crippen LogP contribution >= 0.6 is 12.2 Å². The molecule has 17 heavy (non-hydrogen) atoms. The molecule has 0 aliphatic carbocycles. The number of ether oxygens (including phenoxy) is 1. The highest BCUT2D eigenvalue weighted by atomic mass is 32.1. The minimum Gasteiger partial charge on any atom is -0.496 e. The van der Waals surface area contributed by atoms with E-state index in [0.29, 0.717) is 4.77 Å². The Morgan fingerprint density at radius 1 is 1.35 bits per heavy atom. The van der Waals surface area contributed by atoms with Crippen molar-refractivity contribution in [2.75, 3.05) is 7.11 Å². The summed E-state index contributed by atoms with van der Waals surface area (Å²) in [6.07, 6.45) is 2.65. The van der Waals surface area contributed by atoms with Crippen molar-refractivity contribution in [2.24, 2.45) is 0 Å². The van der Waals surface area contributed by atoms with Gasteiger partial charge in [0.1, 0.15) is 5.75 Å². The standard InChI is InChI=1S/C13H14N2OS/c1-3-9-8-10(4-5-12(9)16-2)11-6-7-14-13(17)15-11/h4-8H,3H2,1-2H3,(H,14,15,17). The second-order valence-corrected chi connectivity index (χ2v) is 4.06. The number of hydrogen-bond donors (Lipinski definition) is 1. The van der Waals surface area contributed by atoms with Crippen molar-refractivity contribution in [3.05, 3.63) is 40.8 Å². The largest absolute Gasteiger partial charge is 0.496 e. The molecule has 0 fully saturated rings. The molecule has 0 aliphatic heterocycles. The van der Waals surface area contributed by atoms with Crippen molar-refractivity contribution >= 4 is 12.2 Å². The number of aromatic amines is 1. The van der Waals surface area contributed by atoms with Crippen LogP contribution in [-0.2, 0) is 6.42 Å². The van der Waals surface area contributed by atoms with Crippen LogP contribution in [0.2, 0.25) is 0 Å². The number of aryl methyl sites for hydroxylation is 1. The number of hydrogen-bond acceptors (Lipinski definition) is 3. The van der Waals surface area contributed by atoms with Crippen molar-refractivity contribution in [1.82, 2.24) is 9.97 Å². The minimum atomic E-state index is 0.497. The molecule has 0 saturated heterocycles. The Balaban J connectivity index is 2.50. The van der Waals surface area contributed by atoms with Gasteiger partial charge in [-0.05, 0) is 54.0 Å². The van der Waals surface area contributed by atoms with Gasteiger partial charge < -0.3 is 9.72 Å². The lowest BCUT2D eigenvalue weighted by Crippen LogP contribution is -1.92. The normalized spacial score (nSPS) is 10.2. The molecule has 0 saturated carbocycles. The van der Waals surface area contributed by atoms with Crippen LogP contribution in [0.3, 0.4) is 0 Å². The van der Waals surface area contributed by atoms with E-state index in [-0.39, 0.29) is 0 Å². The lowest BCUT2D eigenvalue weighted by atomic mass is 10.1. The maximum atomic E-state index is 5.31. The maximum Gasteiger partial charge on any atom is 0.197 e. The first-order valence-electron chi connectivity index (χ1n) is 5.47. The first kappa shape index (κ1) is 11.8. The third-order valence-electron chi connectivity index (χ3n) is 2.65. The molecule has 0 atom stereocenters. The summed E-state index contributed by atoms with van der Waals surface area (Å²) in [5, 5.41) is 0. The fourth-order valence-corrected chi connectivity index (χ4v) is 1.93. The average molecular weight is 246 g/mol. The van der Waals surface area contributed by atoms with E-state index in [1.165, 1.54) is 5.56 Å². The second-order valence-electron chi connectivity index (χ2n) is 3.67. The van der Waals surface area contributed by atoms with Gasteiger partial charge in [-0.2, -0.15) is 0 Å². The zero-order chi connectivity index (χ0) is 12.3. The van der Waals surface area contributed by atoms with E-state index in [9.17, 15) is 0 Å². The van der Waals surface area contributed by atoms with E-state index < -0.39 is 0 Å². The molecule has 0 spiro atoms. The van der Waals surface area contributed by atoms with Crippen LogP contribution in [0.1, 0.15) is 12.5 Å². The van der Waals surface area contributed by atoms with E-state index in [2.05, 4.69) is 23.0 Å². The van der Waals surface area contributed by atoms with Crippen LogP contribution in [0.5, 0.6) is 5.75 Å². The summed E-state index contributed by atoms with van der Waals surface area (Å²) in [5.41, 5.74) is 3.25. The topological polar surface area (TPSA) is 37.9 Å². The highest BCUT2D eigenvalue weighted by Crippen LogP contribution is 2.25. The molecule has 0 bridgehead atoms. The summed E-state index contributed by atoms with van der Waals surface area (Å²) in [5.74, 6) is 0.920. The third-order valence-corrected chi connectivity index (χ3v) is 2.85. The summed E-state index contributed by atoms with van der Waals surface area (Å²) in [4.78, 5) is 7.05. The van der Waals surface area contributed by atoms with Crippen LogP contribution in [0.25, 0.3) is 11.3 Å². The number of aromatic nitrogens is 2. The fraction of sp³-hybridized carbons (Fsp3) is 0.231. The number of benzene rings is 1. The molecule has 1 aromatic heterocycles. The quantitative estimate of drug-likeness (QED) is 0.844. The predicted octanol–water partition coefficient (Wildman–Crippen LogP) is 3.38. The van der Waals surface area contributed by atoms with Crippen LogP contribution in [0, 0.1) is 4.77 Å². The van der Waals surface area contributed by atoms with Gasteiger partial charge in [0.05, 0.1) is 7.11 Å². The van der Waals surface area contributed by atoms with Crippen LogP contribution in [0.4, 0.5) is 0 Å². The molecular weight excluding hydrogens is 232 g/mol. The van der Waals surface area contributed by atoms with Gasteiger partial charge in [-0.1, -0.05) is 6.92 Å². The van der Waals surface area contributed by atoms with Gasteiger partial charge in [0.15, 0.2) is 4.77 Å². The van der Waals surface area contributed by atoms with Crippen molar-refractivity contribution in [2.45, 2.75) is 13.3 Å². The monoisotopic (exact) mass is 246 g/mol. The van der Waals surface area contributed by atoms with Gasteiger partial charge in [0.25, 0.3) is 0 Å². The molecule has 1 N–H and O–H groups in total. The van der Waals surface area contributed by atoms with Gasteiger partial charge >= 0.3 is 0 Å². The molecule has 88 valence electrons. The summed E-state index contributed by atoms with van der Waals surface area (Å²) < 4.78 is 5.80. The Morgan fingerprint density at radius 2 is 2.18 bits per heavy atom. The summed E-state index contributed by atoms with van der Waals surface area (Å²) in [6.45, 7) is 2.11. The van der Waals surface area contributed by atoms with Crippen LogP contribution in [0.15, 0.2) is 30.5 Å². The van der Waals surface area contributed by atoms with Crippen molar-refractivity contribution < 1.29 is 4.74 Å². The highest BCUT2D eigenvalue weighted by molar-refractivity contribution is 7.71. The van der Waals surface area contributed by atoms with E-state index in [4.69, 9.17) is 17.0 Å². The lowest BCUT2D eigenvalue weighted by molar-refractivity contribution is 0.410. The van der Waals surface area contributed by atoms with Gasteiger partial charge in [-0.25, -0.2) is 4.98 Å². The molecule has 3 nitrogen and oxygen atoms in total. The lowest BCUT2D eigenvalue weighted by Gasteiger charge is -2.09. The van der Waals surface area contributed by atoms with Gasteiger partial charge in [-0.3, -0.25) is 0 Å². The Bertz CT molecular complexity index is 578. The Labute approximate surface area is 105 Å². The van der Waals surface area contributed by atoms with E-state index in [1.807, 2.05) is 18.2 Å². The number of nitrogens with zero attached hydrogens (tertiary/aromatic N) is 1. The smallest absolute Gasteiger partial charge is 0.197 e. The summed E-state index contributed by atoms with van der Waals surface area (Å²) in [6, 6.07) is 8.01. The highest BCUT2D eigenvalue weighted by Gasteiger charge is 2.04. The molecule has 4 heteroatoms. The van der Waals surface area contributed by atoms with E-state index in [1.54, 1.807) is 13.3 Å². The predicted molar refractivity (Wildman–Crippen MR) is 70.8 cm³/mol. The van der Waals surface area contributed by atoms with Crippen molar-refractivity contribution in [3.63, 3.8) is 0 Å². The SMILES string of the molecule is CCc1cc(-c2ccnc(=S)[nH]2)ccc1OC. The molecule has 1 aromatic carbocycles. The minimum absolute atomic E-state index is 0.497. The molecule has 2 aromatic rings. The van der Waals surface area contributed by atoms with Gasteiger partial charge in [0, 0.05) is 11.9 Å². The summed E-state index contributed by atoms with van der Waals surface area (Å²) in [7, 11) is 1.69. The molecular formula is C13H14N2OS. The number of nitrogens with one attached hydrogen (secondary N) is 1. The average Bonchev–Trinajstić information content (AvgIpc) is 2.38. The molecule has 0 unspecified atom stereocenters.